The van der Waals surface area contributed by atoms with Gasteiger partial charge in [-0.15, -0.1) is 0 Å². The number of benzene rings is 1. The van der Waals surface area contributed by atoms with E-state index >= 15 is 0 Å². The van der Waals surface area contributed by atoms with E-state index in [1.54, 1.807) is 0 Å². The summed E-state index contributed by atoms with van der Waals surface area (Å²) < 4.78 is 13.0. The van der Waals surface area contributed by atoms with E-state index in [0.717, 1.165) is 30.9 Å². The molecule has 0 spiro atoms. The molecule has 1 aliphatic heterocycles. The number of β-amino-alcohol motifs (C(OH)–C–C–N with tert-alkyl or cyclic N) is 1. The van der Waals surface area contributed by atoms with Crippen LogP contribution in [0.4, 0.5) is 0 Å². The van der Waals surface area contributed by atoms with Crippen LogP contribution in [0.1, 0.15) is 31.4 Å². The van der Waals surface area contributed by atoms with E-state index in [2.05, 4.69) is 16.2 Å². The smallest absolute Gasteiger partial charge is 0.119 e. The van der Waals surface area contributed by atoms with Crippen LogP contribution < -0.4 is 9.47 Å². The first-order chi connectivity index (χ1) is 12.2. The summed E-state index contributed by atoms with van der Waals surface area (Å²) in [7, 11) is 1.93. The second-order valence-corrected chi connectivity index (χ2v) is 6.47. The predicted molar refractivity (Wildman–Crippen MR) is 95.9 cm³/mol. The molecule has 0 bridgehead atoms. The number of nitrogens with zero attached hydrogens (tertiary/aromatic N) is 3. The van der Waals surface area contributed by atoms with E-state index < -0.39 is 6.10 Å². The molecule has 2 aromatic rings. The van der Waals surface area contributed by atoms with Crippen molar-refractivity contribution in [1.82, 2.24) is 14.7 Å². The van der Waals surface area contributed by atoms with E-state index in [9.17, 15) is 5.11 Å². The van der Waals surface area contributed by atoms with Crippen LogP contribution in [0.5, 0.6) is 11.5 Å². The van der Waals surface area contributed by atoms with Gasteiger partial charge in [-0.05, 0) is 50.6 Å². The van der Waals surface area contributed by atoms with Crippen LogP contribution in [0, 0.1) is 0 Å². The molecule has 2 atom stereocenters. The zero-order valence-electron chi connectivity index (χ0n) is 15.0. The van der Waals surface area contributed by atoms with Gasteiger partial charge in [0.15, 0.2) is 0 Å². The molecule has 1 N–H and O–H groups in total. The third-order valence-electron chi connectivity index (χ3n) is 4.50. The zero-order chi connectivity index (χ0) is 17.6. The summed E-state index contributed by atoms with van der Waals surface area (Å²) in [4.78, 5) is 2.32. The largest absolute Gasteiger partial charge is 0.494 e. The fourth-order valence-corrected chi connectivity index (χ4v) is 3.35. The Labute approximate surface area is 149 Å². The Morgan fingerprint density at radius 1 is 1.24 bits per heavy atom. The average molecular weight is 345 g/mol. The topological polar surface area (TPSA) is 59.8 Å². The van der Waals surface area contributed by atoms with Gasteiger partial charge in [-0.3, -0.25) is 9.58 Å². The Hall–Kier alpha value is -2.05. The first-order valence-electron chi connectivity index (χ1n) is 8.92. The second-order valence-electron chi connectivity index (χ2n) is 6.47. The Morgan fingerprint density at radius 3 is 2.60 bits per heavy atom. The lowest BCUT2D eigenvalue weighted by molar-refractivity contribution is 0.0638. The molecule has 1 saturated heterocycles. The fourth-order valence-electron chi connectivity index (χ4n) is 3.35. The highest BCUT2D eigenvalue weighted by atomic mass is 16.5. The van der Waals surface area contributed by atoms with Crippen molar-refractivity contribution in [1.29, 1.82) is 0 Å². The summed E-state index contributed by atoms with van der Waals surface area (Å²) in [6, 6.07) is 7.83. The highest BCUT2D eigenvalue weighted by Crippen LogP contribution is 2.31. The summed E-state index contributed by atoms with van der Waals surface area (Å²) in [6.07, 6.45) is 5.71. The number of aliphatic hydroxyl groups excluding tert-OH is 1. The van der Waals surface area contributed by atoms with E-state index in [4.69, 9.17) is 9.47 Å². The summed E-state index contributed by atoms with van der Waals surface area (Å²) in [5.41, 5.74) is 1.22. The van der Waals surface area contributed by atoms with Crippen molar-refractivity contribution in [3.63, 3.8) is 0 Å². The number of hydrogen-bond acceptors (Lipinski definition) is 5. The van der Waals surface area contributed by atoms with Crippen LogP contribution >= 0.6 is 0 Å². The lowest BCUT2D eigenvalue weighted by atomic mass is 10.1. The van der Waals surface area contributed by atoms with E-state index in [0.29, 0.717) is 19.2 Å². The molecular weight excluding hydrogens is 318 g/mol. The molecule has 25 heavy (non-hydrogen) atoms. The Balaban J connectivity index is 1.49. The normalized spacial score (nSPS) is 19.1. The van der Waals surface area contributed by atoms with Crippen LogP contribution in [0.25, 0.3) is 0 Å². The summed E-state index contributed by atoms with van der Waals surface area (Å²) in [6.45, 7) is 4.49. The average Bonchev–Trinajstić information content (AvgIpc) is 3.23. The third kappa shape index (κ3) is 4.74. The van der Waals surface area contributed by atoms with Crippen LogP contribution in [0.2, 0.25) is 0 Å². The molecule has 2 heterocycles. The maximum Gasteiger partial charge on any atom is 0.119 e. The number of rotatable bonds is 8. The van der Waals surface area contributed by atoms with Gasteiger partial charge in [0.2, 0.25) is 0 Å². The van der Waals surface area contributed by atoms with Gasteiger partial charge in [0.25, 0.3) is 0 Å². The van der Waals surface area contributed by atoms with Gasteiger partial charge in [-0.25, -0.2) is 0 Å². The SMILES string of the molecule is CCOc1ccc(OCC(O)CN2CCCC2c2cnn(C)c2)cc1. The summed E-state index contributed by atoms with van der Waals surface area (Å²) >= 11 is 0. The van der Waals surface area contributed by atoms with Gasteiger partial charge in [0.05, 0.1) is 12.8 Å². The van der Waals surface area contributed by atoms with Crippen molar-refractivity contribution >= 4 is 0 Å². The minimum atomic E-state index is -0.524. The quantitative estimate of drug-likeness (QED) is 0.796. The second kappa shape index (κ2) is 8.36. The monoisotopic (exact) mass is 345 g/mol. The van der Waals surface area contributed by atoms with E-state index in [1.807, 2.05) is 49.1 Å². The molecule has 3 rings (SSSR count). The van der Waals surface area contributed by atoms with E-state index in [1.165, 1.54) is 5.56 Å². The number of ether oxygens (including phenoxy) is 2. The molecule has 0 amide bonds. The highest BCUT2D eigenvalue weighted by Gasteiger charge is 2.28. The van der Waals surface area contributed by atoms with Gasteiger partial charge < -0.3 is 14.6 Å². The van der Waals surface area contributed by atoms with E-state index in [-0.39, 0.29) is 6.61 Å². The van der Waals surface area contributed by atoms with Crippen LogP contribution in [0.15, 0.2) is 36.7 Å². The number of aromatic nitrogens is 2. The molecule has 6 heteroatoms. The maximum absolute atomic E-state index is 10.4. The number of aliphatic hydroxyl groups is 1. The number of aryl methyl sites for hydroxylation is 1. The Kier molecular flexibility index (Phi) is 5.94. The minimum absolute atomic E-state index is 0.282. The van der Waals surface area contributed by atoms with Crippen LogP contribution in [-0.4, -0.2) is 52.2 Å². The molecule has 1 aliphatic rings. The standard InChI is InChI=1S/C19H27N3O3/c1-3-24-17-6-8-18(9-7-17)25-14-16(23)13-22-10-4-5-19(22)15-11-20-21(2)12-15/h6-9,11-12,16,19,23H,3-5,10,13-14H2,1-2H3. The van der Waals surface area contributed by atoms with Crippen molar-refractivity contribution in [3.8, 4) is 11.5 Å². The molecule has 0 radical (unpaired) electrons. The zero-order valence-corrected chi connectivity index (χ0v) is 15.0. The molecule has 0 saturated carbocycles. The minimum Gasteiger partial charge on any atom is -0.494 e. The number of likely N-dealkylation sites (tertiary alicyclic amines) is 1. The Bertz CT molecular complexity index is 656. The van der Waals surface area contributed by atoms with Crippen LogP contribution in [-0.2, 0) is 7.05 Å². The molecular formula is C19H27N3O3. The molecule has 136 valence electrons. The van der Waals surface area contributed by atoms with Gasteiger partial charge in [0.1, 0.15) is 24.2 Å². The summed E-state index contributed by atoms with van der Waals surface area (Å²) in [5.74, 6) is 1.57. The third-order valence-corrected chi connectivity index (χ3v) is 4.50. The first-order valence-corrected chi connectivity index (χ1v) is 8.92. The molecule has 6 nitrogen and oxygen atoms in total. The highest BCUT2D eigenvalue weighted by molar-refractivity contribution is 5.31. The lowest BCUT2D eigenvalue weighted by Crippen LogP contribution is -2.35. The van der Waals surface area contributed by atoms with Crippen molar-refractivity contribution in [3.05, 3.63) is 42.2 Å². The van der Waals surface area contributed by atoms with Gasteiger partial charge in [-0.1, -0.05) is 0 Å². The predicted octanol–water partition coefficient (Wildman–Crippen LogP) is 2.40. The van der Waals surface area contributed by atoms with Gasteiger partial charge in [-0.2, -0.15) is 5.10 Å². The molecule has 2 unspecified atom stereocenters. The molecule has 1 fully saturated rings. The van der Waals surface area contributed by atoms with Crippen molar-refractivity contribution in [2.75, 3.05) is 26.3 Å². The lowest BCUT2D eigenvalue weighted by Gasteiger charge is -2.26. The van der Waals surface area contributed by atoms with Gasteiger partial charge >= 0.3 is 0 Å². The van der Waals surface area contributed by atoms with Crippen molar-refractivity contribution in [2.24, 2.45) is 7.05 Å². The fraction of sp³-hybridized carbons (Fsp3) is 0.526. The number of hydrogen-bond donors (Lipinski definition) is 1. The van der Waals surface area contributed by atoms with Crippen LogP contribution in [0.3, 0.4) is 0 Å². The molecule has 1 aromatic heterocycles. The molecule has 1 aromatic carbocycles. The summed E-state index contributed by atoms with van der Waals surface area (Å²) in [5, 5.41) is 14.6. The Morgan fingerprint density at radius 2 is 1.96 bits per heavy atom. The van der Waals surface area contributed by atoms with Crippen molar-refractivity contribution < 1.29 is 14.6 Å². The maximum atomic E-state index is 10.4. The van der Waals surface area contributed by atoms with Crippen molar-refractivity contribution in [2.45, 2.75) is 31.9 Å². The molecule has 0 aliphatic carbocycles. The first kappa shape index (κ1) is 17.8. The van der Waals surface area contributed by atoms with Gasteiger partial charge in [0, 0.05) is 31.4 Å².